The molecule has 4 amide bonds. The zero-order valence-corrected chi connectivity index (χ0v) is 44.9. The third-order valence-electron chi connectivity index (χ3n) is 14.1. The first-order valence-corrected chi connectivity index (χ1v) is 27.0. The van der Waals surface area contributed by atoms with Gasteiger partial charge in [-0.1, -0.05) is 76.9 Å². The number of likely N-dealkylation sites (tertiary alicyclic amines) is 1. The highest BCUT2D eigenvalue weighted by molar-refractivity contribution is 7.13. The maximum absolute atomic E-state index is 14.0. The number of aliphatic hydroxyl groups is 1. The van der Waals surface area contributed by atoms with Crippen LogP contribution in [0.2, 0.25) is 0 Å². The van der Waals surface area contributed by atoms with Crippen LogP contribution in [0.15, 0.2) is 54.2 Å². The number of nitrogens with one attached hydrogen (secondary N) is 3. The van der Waals surface area contributed by atoms with Crippen molar-refractivity contribution in [1.82, 2.24) is 35.8 Å². The lowest BCUT2D eigenvalue weighted by molar-refractivity contribution is -0.144. The lowest BCUT2D eigenvalue weighted by Crippen LogP contribution is -2.57. The standard InChI is InChI=1S/C55H75N9O9S/c1-8-42-53(69)62(6)44-32-57-47(60-51(44)64(42)40-12-9-10-13-40)29-39-20-19-38(28-46(39)71-7)45(66)14-11-24-72-26-27-73-25-23-56-22-21-48(67)61-50(55(3,4)5)54(70)63-33-41(65)30-43(63)52(68)58-31-36-15-17-37(18-16-36)49-35(2)59-34-74-49/h15-20,28,32,34,40-43,50,56,65H,8-14,21-27,29-31,33H2,1-7H3,(H,58,68)(H,61,67)/t41-,42-,43+,50-/m1/s1. The summed E-state index contributed by atoms with van der Waals surface area (Å²) in [6, 6.07) is 11.6. The molecule has 1 aliphatic carbocycles. The normalized spacial score (nSPS) is 18.4. The molecule has 4 N–H and O–H groups in total. The van der Waals surface area contributed by atoms with Crippen molar-refractivity contribution in [3.63, 3.8) is 0 Å². The third-order valence-corrected chi connectivity index (χ3v) is 15.1. The van der Waals surface area contributed by atoms with Crippen molar-refractivity contribution in [3.8, 4) is 16.2 Å². The Bertz CT molecular complexity index is 2560. The van der Waals surface area contributed by atoms with Gasteiger partial charge in [0.2, 0.25) is 23.6 Å². The lowest BCUT2D eigenvalue weighted by atomic mass is 9.85. The van der Waals surface area contributed by atoms with Crippen LogP contribution >= 0.6 is 11.3 Å². The number of methoxy groups -OCH3 is 1. The van der Waals surface area contributed by atoms with Gasteiger partial charge in [0.25, 0.3) is 0 Å². The fourth-order valence-electron chi connectivity index (χ4n) is 10.0. The first kappa shape index (κ1) is 55.9. The van der Waals surface area contributed by atoms with Gasteiger partial charge in [-0.2, -0.15) is 0 Å². The maximum atomic E-state index is 14.0. The van der Waals surface area contributed by atoms with Crippen molar-refractivity contribution in [1.29, 1.82) is 0 Å². The largest absolute Gasteiger partial charge is 0.496 e. The topological polar surface area (TPSA) is 218 Å². The summed E-state index contributed by atoms with van der Waals surface area (Å²) in [6.45, 7) is 12.3. The van der Waals surface area contributed by atoms with Crippen LogP contribution < -0.4 is 30.5 Å². The Morgan fingerprint density at radius 1 is 0.959 bits per heavy atom. The van der Waals surface area contributed by atoms with Crippen LogP contribution in [-0.4, -0.2) is 145 Å². The number of benzene rings is 2. The predicted molar refractivity (Wildman–Crippen MR) is 284 cm³/mol. The van der Waals surface area contributed by atoms with Crippen LogP contribution in [0, 0.1) is 12.3 Å². The van der Waals surface area contributed by atoms with E-state index in [4.69, 9.17) is 19.2 Å². The Labute approximate surface area is 439 Å². The quantitative estimate of drug-likeness (QED) is 0.0456. The molecule has 0 radical (unpaired) electrons. The molecule has 400 valence electrons. The van der Waals surface area contributed by atoms with Gasteiger partial charge in [0.15, 0.2) is 11.6 Å². The number of rotatable bonds is 25. The first-order valence-electron chi connectivity index (χ1n) is 26.1. The summed E-state index contributed by atoms with van der Waals surface area (Å²) in [5.41, 5.74) is 6.21. The molecule has 4 heterocycles. The minimum absolute atomic E-state index is 0.000318. The summed E-state index contributed by atoms with van der Waals surface area (Å²) in [5, 5.41) is 19.6. The number of β-amino-alcohol motifs (C(OH)–C–C–N with tert-alkyl or cyclic N) is 1. The Balaban J connectivity index is 0.765. The zero-order chi connectivity index (χ0) is 52.9. The number of aliphatic hydroxyl groups excluding tert-OH is 1. The smallest absolute Gasteiger partial charge is 0.249 e. The number of hydrogen-bond acceptors (Lipinski definition) is 15. The molecular formula is C55H75N9O9S. The number of carbonyl (C=O) groups excluding carboxylic acids is 5. The van der Waals surface area contributed by atoms with Gasteiger partial charge in [-0.25, -0.2) is 15.0 Å². The summed E-state index contributed by atoms with van der Waals surface area (Å²) >= 11 is 1.57. The molecule has 0 bridgehead atoms. The highest BCUT2D eigenvalue weighted by Crippen LogP contribution is 2.40. The number of aromatic nitrogens is 3. The summed E-state index contributed by atoms with van der Waals surface area (Å²) in [4.78, 5) is 87.5. The highest BCUT2D eigenvalue weighted by Gasteiger charge is 2.45. The van der Waals surface area contributed by atoms with Crippen molar-refractivity contribution in [2.45, 2.75) is 136 Å². The molecule has 18 nitrogen and oxygen atoms in total. The van der Waals surface area contributed by atoms with Crippen molar-refractivity contribution in [2.75, 3.05) is 70.0 Å². The minimum atomic E-state index is -0.913. The van der Waals surface area contributed by atoms with Gasteiger partial charge in [-0.15, -0.1) is 11.3 Å². The minimum Gasteiger partial charge on any atom is -0.496 e. The molecule has 0 unspecified atom stereocenters. The summed E-state index contributed by atoms with van der Waals surface area (Å²) in [7, 11) is 3.38. The van der Waals surface area contributed by atoms with Gasteiger partial charge in [-0.05, 0) is 55.2 Å². The molecule has 2 aromatic carbocycles. The van der Waals surface area contributed by atoms with E-state index in [-0.39, 0.29) is 61.5 Å². The average molecular weight is 1040 g/mol. The third kappa shape index (κ3) is 14.1. The number of hydrogen-bond donors (Lipinski definition) is 4. The molecule has 2 aliphatic heterocycles. The molecule has 1 saturated heterocycles. The fourth-order valence-corrected chi connectivity index (χ4v) is 10.8. The van der Waals surface area contributed by atoms with Crippen molar-refractivity contribution >= 4 is 52.3 Å². The Morgan fingerprint density at radius 3 is 2.39 bits per heavy atom. The highest BCUT2D eigenvalue weighted by atomic mass is 32.1. The number of carbonyl (C=O) groups is 5. The van der Waals surface area contributed by atoms with E-state index in [1.165, 1.54) is 4.90 Å². The second kappa shape index (κ2) is 26.1. The van der Waals surface area contributed by atoms with Crippen LogP contribution in [-0.2, 0) is 41.6 Å². The molecule has 0 spiro atoms. The SMILES string of the molecule is CC[C@@H]1C(=O)N(C)c2cnc(Cc3ccc(C(=O)CCCOCCOCCNCCC(=O)N[C@H](C(=O)N4C[C@H](O)C[C@H]4C(=O)NCc4ccc(-c5scnc5C)cc4)C(C)(C)C)cc3OC)nc2N1C1CCCC1. The molecule has 4 atom stereocenters. The van der Waals surface area contributed by atoms with E-state index >= 15 is 0 Å². The molecule has 4 aromatic rings. The number of thiazole rings is 1. The molecule has 7 rings (SSSR count). The summed E-state index contributed by atoms with van der Waals surface area (Å²) in [6.07, 6.45) is 7.48. The fraction of sp³-hybridized carbons (Fsp3) is 0.564. The van der Waals surface area contributed by atoms with Crippen LogP contribution in [0.5, 0.6) is 5.75 Å². The monoisotopic (exact) mass is 1040 g/mol. The molecular weight excluding hydrogens is 963 g/mol. The summed E-state index contributed by atoms with van der Waals surface area (Å²) < 4.78 is 17.2. The molecule has 1 saturated carbocycles. The number of Topliss-reactive ketones (excluding diaryl/α,β-unsaturated/α-hetero) is 1. The van der Waals surface area contributed by atoms with Gasteiger partial charge in [0, 0.05) is 82.7 Å². The lowest BCUT2D eigenvalue weighted by Gasteiger charge is -2.43. The van der Waals surface area contributed by atoms with E-state index in [9.17, 15) is 29.1 Å². The van der Waals surface area contributed by atoms with Gasteiger partial charge in [-0.3, -0.25) is 24.0 Å². The van der Waals surface area contributed by atoms with E-state index in [0.717, 1.165) is 64.4 Å². The summed E-state index contributed by atoms with van der Waals surface area (Å²) in [5.74, 6) is 1.01. The first-order chi connectivity index (χ1) is 35.6. The molecule has 2 fully saturated rings. The van der Waals surface area contributed by atoms with Crippen LogP contribution in [0.4, 0.5) is 11.5 Å². The number of fused-ring (bicyclic) bond motifs is 1. The number of amides is 4. The number of aryl methyl sites for hydroxylation is 1. The van der Waals surface area contributed by atoms with E-state index in [1.807, 2.05) is 69.6 Å². The average Bonchev–Trinajstić information content (AvgIpc) is 4.18. The van der Waals surface area contributed by atoms with Crippen LogP contribution in [0.25, 0.3) is 10.4 Å². The number of nitrogens with zero attached hydrogens (tertiary/aromatic N) is 6. The maximum Gasteiger partial charge on any atom is 0.249 e. The Morgan fingerprint density at radius 2 is 1.70 bits per heavy atom. The van der Waals surface area contributed by atoms with E-state index in [2.05, 4.69) is 37.7 Å². The number of ketones is 1. The predicted octanol–water partition coefficient (Wildman–Crippen LogP) is 5.80. The molecule has 2 aromatic heterocycles. The van der Waals surface area contributed by atoms with Crippen molar-refractivity contribution in [3.05, 3.63) is 82.4 Å². The second-order valence-electron chi connectivity index (χ2n) is 20.6. The van der Waals surface area contributed by atoms with Crippen LogP contribution in [0.1, 0.15) is 118 Å². The van der Waals surface area contributed by atoms with Gasteiger partial charge in [0.05, 0.1) is 55.3 Å². The van der Waals surface area contributed by atoms with Crippen molar-refractivity contribution < 1.29 is 43.3 Å². The molecule has 3 aliphatic rings. The van der Waals surface area contributed by atoms with Gasteiger partial charge >= 0.3 is 0 Å². The van der Waals surface area contributed by atoms with E-state index in [1.54, 1.807) is 42.7 Å². The number of anilines is 2. The van der Waals surface area contributed by atoms with Crippen LogP contribution in [0.3, 0.4) is 0 Å². The van der Waals surface area contributed by atoms with Gasteiger partial charge in [0.1, 0.15) is 35.4 Å². The number of likely N-dealkylation sites (N-methyl/N-ethyl adjacent to an activating group) is 1. The zero-order valence-electron chi connectivity index (χ0n) is 44.1. The van der Waals surface area contributed by atoms with E-state index < -0.39 is 29.5 Å². The van der Waals surface area contributed by atoms with E-state index in [0.29, 0.717) is 82.3 Å². The second-order valence-corrected chi connectivity index (χ2v) is 21.4. The van der Waals surface area contributed by atoms with Gasteiger partial charge < -0.3 is 50.0 Å². The Hall–Kier alpha value is -5.86. The molecule has 74 heavy (non-hydrogen) atoms. The molecule has 19 heteroatoms. The number of ether oxygens (including phenoxy) is 3. The Kier molecular flexibility index (Phi) is 19.7. The van der Waals surface area contributed by atoms with Crippen molar-refractivity contribution in [2.24, 2.45) is 5.41 Å².